The van der Waals surface area contributed by atoms with Crippen LogP contribution in [0.2, 0.25) is 0 Å². The molecule has 1 heterocycles. The Morgan fingerprint density at radius 3 is 2.71 bits per heavy atom. The fourth-order valence-corrected chi connectivity index (χ4v) is 1.29. The summed E-state index contributed by atoms with van der Waals surface area (Å²) in [6.45, 7) is 2.16. The number of hydrogen-bond donors (Lipinski definition) is 3. The predicted octanol–water partition coefficient (Wildman–Crippen LogP) is 0.0982. The Labute approximate surface area is 98.1 Å². The van der Waals surface area contributed by atoms with Crippen molar-refractivity contribution in [2.45, 2.75) is 13.3 Å². The Hall–Kier alpha value is -2.18. The molecule has 0 aliphatic rings. The maximum atomic E-state index is 11.0. The second-order valence-corrected chi connectivity index (χ2v) is 3.70. The highest BCUT2D eigenvalue weighted by atomic mass is 16.4. The third-order valence-electron chi connectivity index (χ3n) is 2.07. The first-order valence-corrected chi connectivity index (χ1v) is 5.07. The number of aromatic nitrogens is 2. The van der Waals surface area contributed by atoms with Gasteiger partial charge < -0.3 is 16.2 Å². The summed E-state index contributed by atoms with van der Waals surface area (Å²) in [7, 11) is 0. The van der Waals surface area contributed by atoms with E-state index in [-0.39, 0.29) is 23.9 Å². The van der Waals surface area contributed by atoms with Gasteiger partial charge in [-0.3, -0.25) is 9.59 Å². The number of carboxylic acids is 1. The van der Waals surface area contributed by atoms with Crippen LogP contribution < -0.4 is 11.1 Å². The summed E-state index contributed by atoms with van der Waals surface area (Å²) < 4.78 is 0. The van der Waals surface area contributed by atoms with Crippen molar-refractivity contribution in [3.8, 4) is 0 Å². The van der Waals surface area contributed by atoms with Gasteiger partial charge in [0.25, 0.3) is 5.91 Å². The van der Waals surface area contributed by atoms with Crippen molar-refractivity contribution in [2.24, 2.45) is 11.7 Å². The maximum Gasteiger partial charge on any atom is 0.303 e. The van der Waals surface area contributed by atoms with Crippen LogP contribution in [0.4, 0.5) is 5.82 Å². The largest absolute Gasteiger partial charge is 0.481 e. The Morgan fingerprint density at radius 2 is 2.12 bits per heavy atom. The van der Waals surface area contributed by atoms with Crippen molar-refractivity contribution >= 4 is 17.7 Å². The molecule has 0 spiro atoms. The van der Waals surface area contributed by atoms with Crippen LogP contribution in [-0.4, -0.2) is 33.5 Å². The number of nitrogens with two attached hydrogens (primary N) is 1. The molecule has 1 unspecified atom stereocenters. The number of aliphatic carboxylic acids is 1. The number of carbonyl (C=O) groups is 2. The molecule has 1 atom stereocenters. The molecule has 1 aromatic heterocycles. The molecule has 7 nitrogen and oxygen atoms in total. The number of amides is 1. The molecule has 1 aromatic rings. The van der Waals surface area contributed by atoms with Crippen molar-refractivity contribution in [2.75, 3.05) is 11.9 Å². The quantitative estimate of drug-likeness (QED) is 0.646. The molecule has 0 saturated heterocycles. The van der Waals surface area contributed by atoms with Crippen molar-refractivity contribution in [1.29, 1.82) is 0 Å². The smallest absolute Gasteiger partial charge is 0.303 e. The van der Waals surface area contributed by atoms with Gasteiger partial charge in [0.15, 0.2) is 11.5 Å². The molecular weight excluding hydrogens is 224 g/mol. The number of hydrogen-bond acceptors (Lipinski definition) is 5. The standard InChI is InChI=1S/C10H14N4O3/c1-6(4-7(15)16)5-14-10-8(9(11)17)12-2-3-13-10/h2-3,6H,4-5H2,1H3,(H2,11,17)(H,13,14)(H,15,16). The average Bonchev–Trinajstić information content (AvgIpc) is 2.25. The van der Waals surface area contributed by atoms with E-state index >= 15 is 0 Å². The Morgan fingerprint density at radius 1 is 1.47 bits per heavy atom. The molecule has 17 heavy (non-hydrogen) atoms. The van der Waals surface area contributed by atoms with Crippen molar-refractivity contribution in [1.82, 2.24) is 9.97 Å². The zero-order valence-electron chi connectivity index (χ0n) is 9.38. The van der Waals surface area contributed by atoms with Gasteiger partial charge in [0.1, 0.15) is 0 Å². The van der Waals surface area contributed by atoms with E-state index in [2.05, 4.69) is 15.3 Å². The first-order chi connectivity index (χ1) is 8.00. The maximum absolute atomic E-state index is 11.0. The lowest BCUT2D eigenvalue weighted by Gasteiger charge is -2.11. The lowest BCUT2D eigenvalue weighted by atomic mass is 10.1. The van der Waals surface area contributed by atoms with Crippen molar-refractivity contribution < 1.29 is 14.7 Å². The topological polar surface area (TPSA) is 118 Å². The Balaban J connectivity index is 2.63. The van der Waals surface area contributed by atoms with Crippen molar-refractivity contribution in [3.05, 3.63) is 18.1 Å². The van der Waals surface area contributed by atoms with Gasteiger partial charge in [0.2, 0.25) is 0 Å². The number of nitrogens with zero attached hydrogens (tertiary/aromatic N) is 2. The molecule has 0 fully saturated rings. The molecule has 0 aliphatic heterocycles. The lowest BCUT2D eigenvalue weighted by molar-refractivity contribution is -0.137. The summed E-state index contributed by atoms with van der Waals surface area (Å²) in [5, 5.41) is 11.5. The van der Waals surface area contributed by atoms with E-state index in [4.69, 9.17) is 10.8 Å². The predicted molar refractivity (Wildman–Crippen MR) is 60.5 cm³/mol. The third-order valence-corrected chi connectivity index (χ3v) is 2.07. The molecule has 0 saturated carbocycles. The first kappa shape index (κ1) is 12.9. The van der Waals surface area contributed by atoms with Gasteiger partial charge in [0.05, 0.1) is 0 Å². The molecule has 7 heteroatoms. The monoisotopic (exact) mass is 238 g/mol. The average molecular weight is 238 g/mol. The molecule has 1 rings (SSSR count). The fourth-order valence-electron chi connectivity index (χ4n) is 1.29. The third kappa shape index (κ3) is 4.06. The summed E-state index contributed by atoms with van der Waals surface area (Å²) >= 11 is 0. The van der Waals surface area contributed by atoms with Crippen LogP contribution in [0.3, 0.4) is 0 Å². The zero-order valence-corrected chi connectivity index (χ0v) is 9.38. The number of primary amides is 1. The summed E-state index contributed by atoms with van der Waals surface area (Å²) in [4.78, 5) is 29.2. The normalized spacial score (nSPS) is 11.8. The summed E-state index contributed by atoms with van der Waals surface area (Å²) in [5.74, 6) is -1.35. The van der Waals surface area contributed by atoms with E-state index < -0.39 is 11.9 Å². The van der Waals surface area contributed by atoms with E-state index in [0.717, 1.165) is 0 Å². The van der Waals surface area contributed by atoms with E-state index in [1.54, 1.807) is 6.92 Å². The van der Waals surface area contributed by atoms with Gasteiger partial charge in [-0.05, 0) is 5.92 Å². The summed E-state index contributed by atoms with van der Waals surface area (Å²) in [6, 6.07) is 0. The van der Waals surface area contributed by atoms with Crippen LogP contribution in [-0.2, 0) is 4.79 Å². The van der Waals surface area contributed by atoms with Crippen LogP contribution in [0.5, 0.6) is 0 Å². The van der Waals surface area contributed by atoms with Crippen molar-refractivity contribution in [3.63, 3.8) is 0 Å². The molecule has 0 radical (unpaired) electrons. The molecule has 0 aromatic carbocycles. The molecule has 4 N–H and O–H groups in total. The minimum Gasteiger partial charge on any atom is -0.481 e. The summed E-state index contributed by atoms with van der Waals surface area (Å²) in [5.41, 5.74) is 5.18. The zero-order chi connectivity index (χ0) is 12.8. The van der Waals surface area contributed by atoms with Crippen LogP contribution in [0.15, 0.2) is 12.4 Å². The minimum atomic E-state index is -0.867. The van der Waals surface area contributed by atoms with Gasteiger partial charge in [-0.15, -0.1) is 0 Å². The van der Waals surface area contributed by atoms with Gasteiger partial charge in [-0.1, -0.05) is 6.92 Å². The Kier molecular flexibility index (Phi) is 4.38. The van der Waals surface area contributed by atoms with E-state index in [1.165, 1.54) is 12.4 Å². The molecular formula is C10H14N4O3. The van der Waals surface area contributed by atoms with Crippen LogP contribution >= 0.6 is 0 Å². The second kappa shape index (κ2) is 5.78. The SMILES string of the molecule is CC(CNc1nccnc1C(N)=O)CC(=O)O. The number of anilines is 1. The molecule has 1 amide bonds. The highest BCUT2D eigenvalue weighted by molar-refractivity contribution is 5.95. The van der Waals surface area contributed by atoms with Gasteiger partial charge in [0, 0.05) is 25.4 Å². The van der Waals surface area contributed by atoms with Crippen LogP contribution in [0.25, 0.3) is 0 Å². The van der Waals surface area contributed by atoms with E-state index in [0.29, 0.717) is 6.54 Å². The number of carboxylic acid groups (broad SMARTS) is 1. The van der Waals surface area contributed by atoms with Crippen LogP contribution in [0.1, 0.15) is 23.8 Å². The number of carbonyl (C=O) groups excluding carboxylic acids is 1. The summed E-state index contributed by atoms with van der Waals surface area (Å²) in [6.07, 6.45) is 2.84. The van der Waals surface area contributed by atoms with E-state index in [9.17, 15) is 9.59 Å². The molecule has 92 valence electrons. The number of nitrogens with one attached hydrogen (secondary N) is 1. The van der Waals surface area contributed by atoms with Gasteiger partial charge in [-0.2, -0.15) is 0 Å². The van der Waals surface area contributed by atoms with Gasteiger partial charge >= 0.3 is 5.97 Å². The first-order valence-electron chi connectivity index (χ1n) is 5.07. The second-order valence-electron chi connectivity index (χ2n) is 3.70. The highest BCUT2D eigenvalue weighted by Gasteiger charge is 2.12. The lowest BCUT2D eigenvalue weighted by Crippen LogP contribution is -2.20. The Bertz CT molecular complexity index is 422. The fraction of sp³-hybridized carbons (Fsp3) is 0.400. The van der Waals surface area contributed by atoms with Gasteiger partial charge in [-0.25, -0.2) is 9.97 Å². The molecule has 0 bridgehead atoms. The van der Waals surface area contributed by atoms with E-state index in [1.807, 2.05) is 0 Å². The highest BCUT2D eigenvalue weighted by Crippen LogP contribution is 2.09. The number of rotatable bonds is 6. The molecule has 0 aliphatic carbocycles. The minimum absolute atomic E-state index is 0.0408. The van der Waals surface area contributed by atoms with Crippen LogP contribution in [0, 0.1) is 5.92 Å².